The molecule has 0 aliphatic rings. The van der Waals surface area contributed by atoms with Crippen LogP contribution in [0.1, 0.15) is 71.6 Å². The summed E-state index contributed by atoms with van der Waals surface area (Å²) in [5.74, 6) is -0.0239. The van der Waals surface area contributed by atoms with Crippen molar-refractivity contribution in [2.75, 3.05) is 0 Å². The van der Waals surface area contributed by atoms with E-state index < -0.39 is 5.41 Å². The van der Waals surface area contributed by atoms with E-state index in [0.29, 0.717) is 0 Å². The van der Waals surface area contributed by atoms with E-state index in [1.807, 2.05) is 36.4 Å². The zero-order chi connectivity index (χ0) is 19.8. The molecule has 2 aromatic carbocycles. The van der Waals surface area contributed by atoms with Crippen LogP contribution in [-0.4, -0.2) is 5.11 Å². The summed E-state index contributed by atoms with van der Waals surface area (Å²) in [6, 6.07) is 13.8. The van der Waals surface area contributed by atoms with E-state index in [4.69, 9.17) is 0 Å². The van der Waals surface area contributed by atoms with Crippen LogP contribution in [0.4, 0.5) is 5.69 Å². The standard InChI is InChI=1S/C23H31NO2/c1-21(2,3)15-22(4,5)17-13-18(20(25)19(14-17)24-26)23(6,7)16-11-9-8-10-12-16/h8-14,25H,15H2,1-7H3. The number of benzene rings is 2. The highest BCUT2D eigenvalue weighted by molar-refractivity contribution is 5.62. The van der Waals surface area contributed by atoms with Gasteiger partial charge in [0.15, 0.2) is 0 Å². The molecule has 1 N–H and O–H groups in total. The molecule has 0 spiro atoms. The molecule has 0 saturated carbocycles. The predicted molar refractivity (Wildman–Crippen MR) is 109 cm³/mol. The van der Waals surface area contributed by atoms with Gasteiger partial charge in [-0.05, 0) is 39.6 Å². The molecule has 0 aliphatic carbocycles. The lowest BCUT2D eigenvalue weighted by molar-refractivity contribution is 0.283. The average molecular weight is 354 g/mol. The maximum Gasteiger partial charge on any atom is 0.150 e. The SMILES string of the molecule is CC(C)(C)CC(C)(C)c1cc(N=O)c(O)c(C(C)(C)c2ccccc2)c1. The highest BCUT2D eigenvalue weighted by Crippen LogP contribution is 2.46. The van der Waals surface area contributed by atoms with Gasteiger partial charge >= 0.3 is 0 Å². The lowest BCUT2D eigenvalue weighted by Gasteiger charge is -2.35. The second kappa shape index (κ2) is 6.86. The molecule has 2 aromatic rings. The number of rotatable bonds is 5. The van der Waals surface area contributed by atoms with Crippen LogP contribution in [0.5, 0.6) is 5.75 Å². The van der Waals surface area contributed by atoms with Crippen molar-refractivity contribution in [3.8, 4) is 5.75 Å². The fraction of sp³-hybridized carbons (Fsp3) is 0.478. The summed E-state index contributed by atoms with van der Waals surface area (Å²) in [5.41, 5.74) is 2.51. The number of hydrogen-bond acceptors (Lipinski definition) is 3. The molecule has 0 saturated heterocycles. The van der Waals surface area contributed by atoms with Gasteiger partial charge in [0.05, 0.1) is 0 Å². The molecule has 0 radical (unpaired) electrons. The van der Waals surface area contributed by atoms with Crippen molar-refractivity contribution in [3.63, 3.8) is 0 Å². The summed E-state index contributed by atoms with van der Waals surface area (Å²) in [5, 5.41) is 13.8. The minimum absolute atomic E-state index is 0.0239. The molecular formula is C23H31NO2. The summed E-state index contributed by atoms with van der Waals surface area (Å²) < 4.78 is 0. The Morgan fingerprint density at radius 2 is 1.46 bits per heavy atom. The Bertz CT molecular complexity index is 784. The largest absolute Gasteiger partial charge is 0.505 e. The monoisotopic (exact) mass is 353 g/mol. The van der Waals surface area contributed by atoms with Crippen molar-refractivity contribution in [1.82, 2.24) is 0 Å². The molecule has 3 nitrogen and oxygen atoms in total. The van der Waals surface area contributed by atoms with Crippen LogP contribution in [0.25, 0.3) is 0 Å². The second-order valence-electron chi connectivity index (χ2n) is 9.60. The van der Waals surface area contributed by atoms with Crippen molar-refractivity contribution < 1.29 is 5.11 Å². The van der Waals surface area contributed by atoms with Crippen molar-refractivity contribution in [1.29, 1.82) is 0 Å². The second-order valence-corrected chi connectivity index (χ2v) is 9.60. The molecule has 0 atom stereocenters. The van der Waals surface area contributed by atoms with Gasteiger partial charge in [0.2, 0.25) is 0 Å². The summed E-state index contributed by atoms with van der Waals surface area (Å²) in [6.07, 6.45) is 0.953. The number of nitroso groups, excluding NO2 is 1. The lowest BCUT2D eigenvalue weighted by atomic mass is 9.70. The Morgan fingerprint density at radius 1 is 0.885 bits per heavy atom. The van der Waals surface area contributed by atoms with Crippen molar-refractivity contribution in [2.45, 2.75) is 65.7 Å². The maximum atomic E-state index is 11.4. The van der Waals surface area contributed by atoms with Crippen LogP contribution in [0.3, 0.4) is 0 Å². The van der Waals surface area contributed by atoms with E-state index in [2.05, 4.69) is 53.6 Å². The predicted octanol–water partition coefficient (Wildman–Crippen LogP) is 6.83. The van der Waals surface area contributed by atoms with Crippen LogP contribution >= 0.6 is 0 Å². The lowest BCUT2D eigenvalue weighted by Crippen LogP contribution is -2.26. The minimum atomic E-state index is -0.446. The van der Waals surface area contributed by atoms with E-state index >= 15 is 0 Å². The van der Waals surface area contributed by atoms with Gasteiger partial charge in [-0.15, -0.1) is 4.91 Å². The molecular weight excluding hydrogens is 322 g/mol. The quantitative estimate of drug-likeness (QED) is 0.599. The number of aromatic hydroxyl groups is 1. The Kier molecular flexibility index (Phi) is 5.32. The first kappa shape index (κ1) is 20.2. The third-order valence-corrected chi connectivity index (χ3v) is 5.11. The third kappa shape index (κ3) is 4.14. The van der Waals surface area contributed by atoms with E-state index in [1.165, 1.54) is 0 Å². The van der Waals surface area contributed by atoms with Crippen LogP contribution in [0.2, 0.25) is 0 Å². The topological polar surface area (TPSA) is 49.7 Å². The van der Waals surface area contributed by atoms with E-state index in [0.717, 1.165) is 23.1 Å². The zero-order valence-corrected chi connectivity index (χ0v) is 17.1. The number of phenols is 1. The molecule has 140 valence electrons. The van der Waals surface area contributed by atoms with Crippen molar-refractivity contribution >= 4 is 5.69 Å². The smallest absolute Gasteiger partial charge is 0.150 e. The number of phenolic OH excluding ortho intramolecular Hbond substituents is 1. The third-order valence-electron chi connectivity index (χ3n) is 5.11. The zero-order valence-electron chi connectivity index (χ0n) is 17.1. The maximum absolute atomic E-state index is 11.4. The molecule has 0 unspecified atom stereocenters. The highest BCUT2D eigenvalue weighted by atomic mass is 16.3. The summed E-state index contributed by atoms with van der Waals surface area (Å²) in [7, 11) is 0. The van der Waals surface area contributed by atoms with Crippen LogP contribution in [0.15, 0.2) is 47.6 Å². The highest BCUT2D eigenvalue weighted by Gasteiger charge is 2.33. The van der Waals surface area contributed by atoms with Gasteiger partial charge < -0.3 is 5.11 Å². The van der Waals surface area contributed by atoms with Gasteiger partial charge in [0, 0.05) is 11.0 Å². The van der Waals surface area contributed by atoms with Gasteiger partial charge in [0.25, 0.3) is 0 Å². The first-order chi connectivity index (χ1) is 11.9. The van der Waals surface area contributed by atoms with E-state index in [1.54, 1.807) is 6.07 Å². The van der Waals surface area contributed by atoms with E-state index in [-0.39, 0.29) is 22.3 Å². The Balaban J connectivity index is 2.66. The number of hydrogen-bond donors (Lipinski definition) is 1. The molecule has 0 aliphatic heterocycles. The Labute approximate surface area is 157 Å². The molecule has 2 rings (SSSR count). The Morgan fingerprint density at radius 3 is 1.96 bits per heavy atom. The molecule has 26 heavy (non-hydrogen) atoms. The van der Waals surface area contributed by atoms with Crippen LogP contribution in [-0.2, 0) is 10.8 Å². The summed E-state index contributed by atoms with van der Waals surface area (Å²) in [6.45, 7) is 15.1. The summed E-state index contributed by atoms with van der Waals surface area (Å²) >= 11 is 0. The first-order valence-corrected chi connectivity index (χ1v) is 9.15. The fourth-order valence-electron chi connectivity index (χ4n) is 3.99. The van der Waals surface area contributed by atoms with Gasteiger partial charge in [0.1, 0.15) is 11.4 Å². The van der Waals surface area contributed by atoms with Crippen molar-refractivity contribution in [2.24, 2.45) is 10.6 Å². The normalized spacial score (nSPS) is 12.9. The van der Waals surface area contributed by atoms with Gasteiger partial charge in [-0.1, -0.05) is 84.9 Å². The van der Waals surface area contributed by atoms with Crippen LogP contribution in [0, 0.1) is 10.3 Å². The van der Waals surface area contributed by atoms with E-state index in [9.17, 15) is 10.0 Å². The molecule has 0 heterocycles. The van der Waals surface area contributed by atoms with Crippen LogP contribution < -0.4 is 0 Å². The van der Waals surface area contributed by atoms with Gasteiger partial charge in [-0.25, -0.2) is 0 Å². The van der Waals surface area contributed by atoms with Gasteiger partial charge in [-0.3, -0.25) is 0 Å². The molecule has 0 aromatic heterocycles. The van der Waals surface area contributed by atoms with Crippen molar-refractivity contribution in [3.05, 3.63) is 64.1 Å². The fourth-order valence-corrected chi connectivity index (χ4v) is 3.99. The first-order valence-electron chi connectivity index (χ1n) is 9.15. The Hall–Kier alpha value is -2.16. The average Bonchev–Trinajstić information content (AvgIpc) is 2.53. The van der Waals surface area contributed by atoms with Gasteiger partial charge in [-0.2, -0.15) is 0 Å². The minimum Gasteiger partial charge on any atom is -0.505 e. The molecule has 3 heteroatoms. The molecule has 0 bridgehead atoms. The molecule has 0 amide bonds. The number of nitrogens with zero attached hydrogens (tertiary/aromatic N) is 1. The summed E-state index contributed by atoms with van der Waals surface area (Å²) in [4.78, 5) is 11.4. The molecule has 0 fully saturated rings.